The number of ether oxygens (including phenoxy) is 1. The Kier molecular flexibility index (Phi) is 4.42. The fourth-order valence-corrected chi connectivity index (χ4v) is 2.15. The molecule has 1 amide bonds. The second-order valence-electron chi connectivity index (χ2n) is 3.83. The van der Waals surface area contributed by atoms with Gasteiger partial charge in [-0.3, -0.25) is 4.57 Å². The van der Waals surface area contributed by atoms with E-state index in [4.69, 9.17) is 45.3 Å². The van der Waals surface area contributed by atoms with Gasteiger partial charge in [0.05, 0.1) is 16.2 Å². The number of imidazole rings is 1. The van der Waals surface area contributed by atoms with Crippen molar-refractivity contribution >= 4 is 40.8 Å². The first-order valence-electron chi connectivity index (χ1n) is 5.63. The summed E-state index contributed by atoms with van der Waals surface area (Å²) in [5.74, 6) is 0.975. The zero-order valence-corrected chi connectivity index (χ0v) is 12.6. The summed E-state index contributed by atoms with van der Waals surface area (Å²) in [5.41, 5.74) is 5.23. The summed E-state index contributed by atoms with van der Waals surface area (Å²) in [6.07, 6.45) is 1.92. The van der Waals surface area contributed by atoms with Gasteiger partial charge >= 0.3 is 6.03 Å². The third kappa shape index (κ3) is 2.85. The highest BCUT2D eigenvalue weighted by molar-refractivity contribution is 6.48. The molecule has 2 aromatic rings. The minimum absolute atomic E-state index is 0.172. The molecule has 0 aliphatic heterocycles. The van der Waals surface area contributed by atoms with Crippen molar-refractivity contribution in [2.45, 2.75) is 13.3 Å². The fourth-order valence-electron chi connectivity index (χ4n) is 1.58. The number of hydrogen-bond donors (Lipinski definition) is 1. The Bertz CT molecular complexity index is 670. The number of carbonyl (C=O) groups is 1. The summed E-state index contributed by atoms with van der Waals surface area (Å²) >= 11 is 17.8. The second-order valence-corrected chi connectivity index (χ2v) is 5.00. The lowest BCUT2D eigenvalue weighted by atomic mass is 10.3. The molecule has 1 heterocycles. The number of primary amides is 1. The number of amides is 1. The Morgan fingerprint density at radius 1 is 1.35 bits per heavy atom. The van der Waals surface area contributed by atoms with E-state index in [1.807, 2.05) is 6.92 Å². The molecule has 2 rings (SSSR count). The minimum Gasteiger partial charge on any atom is -0.436 e. The summed E-state index contributed by atoms with van der Waals surface area (Å²) in [4.78, 5) is 15.4. The molecule has 0 atom stereocenters. The molecular weight excluding hydrogens is 325 g/mol. The smallest absolute Gasteiger partial charge is 0.324 e. The maximum atomic E-state index is 11.2. The van der Waals surface area contributed by atoms with E-state index < -0.39 is 6.03 Å². The van der Waals surface area contributed by atoms with Crippen LogP contribution in [0.3, 0.4) is 0 Å². The van der Waals surface area contributed by atoms with Gasteiger partial charge in [-0.2, -0.15) is 4.98 Å². The van der Waals surface area contributed by atoms with Gasteiger partial charge in [0.25, 0.3) is 0 Å². The number of hydrogen-bond acceptors (Lipinski definition) is 3. The quantitative estimate of drug-likeness (QED) is 0.858. The molecule has 106 valence electrons. The van der Waals surface area contributed by atoms with Crippen LogP contribution < -0.4 is 10.5 Å². The molecule has 0 spiro atoms. The zero-order chi connectivity index (χ0) is 14.9. The predicted octanol–water partition coefficient (Wildman–Crippen LogP) is 4.12. The maximum Gasteiger partial charge on any atom is 0.324 e. The Labute approximate surface area is 130 Å². The maximum absolute atomic E-state index is 11.2. The van der Waals surface area contributed by atoms with Gasteiger partial charge in [-0.25, -0.2) is 4.79 Å². The summed E-state index contributed by atoms with van der Waals surface area (Å²) in [6, 6.07) is 2.48. The van der Waals surface area contributed by atoms with E-state index in [0.29, 0.717) is 17.3 Å². The van der Waals surface area contributed by atoms with Crippen LogP contribution in [0.5, 0.6) is 11.6 Å². The molecule has 0 aliphatic rings. The van der Waals surface area contributed by atoms with Crippen molar-refractivity contribution in [3.05, 3.63) is 39.2 Å². The van der Waals surface area contributed by atoms with Gasteiger partial charge in [-0.05, 0) is 12.1 Å². The summed E-state index contributed by atoms with van der Waals surface area (Å²) in [5, 5.41) is 0.683. The molecule has 0 unspecified atom stereocenters. The molecule has 0 bridgehead atoms. The monoisotopic (exact) mass is 333 g/mol. The Morgan fingerprint density at radius 3 is 2.60 bits per heavy atom. The van der Waals surface area contributed by atoms with Gasteiger partial charge in [-0.1, -0.05) is 41.7 Å². The molecule has 0 saturated heterocycles. The highest BCUT2D eigenvalue weighted by Crippen LogP contribution is 2.38. The van der Waals surface area contributed by atoms with Crippen LogP contribution >= 0.6 is 34.8 Å². The van der Waals surface area contributed by atoms with Crippen LogP contribution in [0.25, 0.3) is 0 Å². The van der Waals surface area contributed by atoms with E-state index in [1.165, 1.54) is 10.8 Å². The number of halogens is 3. The molecule has 20 heavy (non-hydrogen) atoms. The van der Waals surface area contributed by atoms with Gasteiger partial charge in [-0.15, -0.1) is 0 Å². The van der Waals surface area contributed by atoms with Gasteiger partial charge in [0.1, 0.15) is 16.6 Å². The molecule has 0 fully saturated rings. The molecule has 1 aromatic carbocycles. The largest absolute Gasteiger partial charge is 0.436 e. The van der Waals surface area contributed by atoms with Crippen LogP contribution in [-0.2, 0) is 6.42 Å². The van der Waals surface area contributed by atoms with Crippen molar-refractivity contribution in [2.24, 2.45) is 5.73 Å². The standard InChI is InChI=1S/C12H10Cl3N3O2/c1-2-8-17-9(5-18(8)12(16)19)20-7-4-3-6(13)10(14)11(7)15/h3-5H,2H2,1H3,(H2,16,19). The van der Waals surface area contributed by atoms with Gasteiger partial charge in [0.15, 0.2) is 0 Å². The second kappa shape index (κ2) is 5.91. The first-order valence-corrected chi connectivity index (χ1v) is 6.76. The van der Waals surface area contributed by atoms with Crippen molar-refractivity contribution < 1.29 is 9.53 Å². The zero-order valence-electron chi connectivity index (χ0n) is 10.4. The van der Waals surface area contributed by atoms with E-state index >= 15 is 0 Å². The number of nitrogens with two attached hydrogens (primary N) is 1. The third-order valence-electron chi connectivity index (χ3n) is 2.52. The fraction of sp³-hybridized carbons (Fsp3) is 0.167. The Balaban J connectivity index is 2.36. The summed E-state index contributed by atoms with van der Waals surface area (Å²) < 4.78 is 6.71. The van der Waals surface area contributed by atoms with Gasteiger partial charge < -0.3 is 10.5 Å². The molecule has 0 saturated carbocycles. The van der Waals surface area contributed by atoms with Gasteiger partial charge in [0, 0.05) is 6.42 Å². The summed E-state index contributed by atoms with van der Waals surface area (Å²) in [6.45, 7) is 1.84. The first-order chi connectivity index (χ1) is 9.43. The van der Waals surface area contributed by atoms with E-state index in [9.17, 15) is 4.79 Å². The lowest BCUT2D eigenvalue weighted by Gasteiger charge is -2.06. The SMILES string of the molecule is CCc1nc(Oc2ccc(Cl)c(Cl)c2Cl)cn1C(N)=O. The lowest BCUT2D eigenvalue weighted by molar-refractivity contribution is 0.249. The molecular formula is C12H10Cl3N3O2. The van der Waals surface area contributed by atoms with Crippen LogP contribution in [0.4, 0.5) is 4.79 Å². The van der Waals surface area contributed by atoms with Crippen LogP contribution in [-0.4, -0.2) is 15.6 Å². The third-order valence-corrected chi connectivity index (χ3v) is 3.80. The number of carbonyl (C=O) groups excluding carboxylic acids is 1. The first kappa shape index (κ1) is 15.0. The van der Waals surface area contributed by atoms with Crippen molar-refractivity contribution in [3.8, 4) is 11.6 Å². The lowest BCUT2D eigenvalue weighted by Crippen LogP contribution is -2.20. The normalized spacial score (nSPS) is 10.6. The highest BCUT2D eigenvalue weighted by Gasteiger charge is 2.15. The van der Waals surface area contributed by atoms with Gasteiger partial charge in [0.2, 0.25) is 5.88 Å². The average Bonchev–Trinajstić information content (AvgIpc) is 2.83. The molecule has 8 heteroatoms. The van der Waals surface area contributed by atoms with E-state index in [0.717, 1.165) is 0 Å². The number of nitrogens with zero attached hydrogens (tertiary/aromatic N) is 2. The minimum atomic E-state index is -0.635. The number of aryl methyl sites for hydroxylation is 1. The molecule has 0 aliphatic carbocycles. The van der Waals surface area contributed by atoms with E-state index in [2.05, 4.69) is 4.98 Å². The van der Waals surface area contributed by atoms with Crippen molar-refractivity contribution in [2.75, 3.05) is 0 Å². The predicted molar refractivity (Wildman–Crippen MR) is 78.1 cm³/mol. The van der Waals surface area contributed by atoms with Crippen molar-refractivity contribution in [1.29, 1.82) is 0 Å². The molecule has 5 nitrogen and oxygen atoms in total. The van der Waals surface area contributed by atoms with Crippen LogP contribution in [0, 0.1) is 0 Å². The summed E-state index contributed by atoms with van der Waals surface area (Å²) in [7, 11) is 0. The molecule has 1 aromatic heterocycles. The van der Waals surface area contributed by atoms with Crippen molar-refractivity contribution in [1.82, 2.24) is 9.55 Å². The molecule has 0 radical (unpaired) electrons. The van der Waals surface area contributed by atoms with E-state index in [1.54, 1.807) is 12.1 Å². The highest BCUT2D eigenvalue weighted by atomic mass is 35.5. The molecule has 2 N–H and O–H groups in total. The van der Waals surface area contributed by atoms with Crippen LogP contribution in [0.2, 0.25) is 15.1 Å². The van der Waals surface area contributed by atoms with Crippen molar-refractivity contribution in [3.63, 3.8) is 0 Å². The Morgan fingerprint density at radius 2 is 2.05 bits per heavy atom. The van der Waals surface area contributed by atoms with Crippen LogP contribution in [0.1, 0.15) is 12.7 Å². The number of rotatable bonds is 3. The number of benzene rings is 1. The Hall–Kier alpha value is -1.43. The number of aromatic nitrogens is 2. The topological polar surface area (TPSA) is 70.1 Å². The average molecular weight is 335 g/mol. The van der Waals surface area contributed by atoms with E-state index in [-0.39, 0.29) is 21.7 Å². The van der Waals surface area contributed by atoms with Crippen LogP contribution in [0.15, 0.2) is 18.3 Å².